The monoisotopic (exact) mass is 222 g/mol. The summed E-state index contributed by atoms with van der Waals surface area (Å²) in [7, 11) is 0. The third kappa shape index (κ3) is 2.61. The van der Waals surface area contributed by atoms with Crippen LogP contribution in [0.15, 0.2) is 12.2 Å². The predicted molar refractivity (Wildman–Crippen MR) is 42.3 cm³/mol. The average molecular weight is 223 g/mol. The van der Waals surface area contributed by atoms with E-state index in [1.165, 1.54) is 6.08 Å². The Balaban J connectivity index is 2.20. The third-order valence-corrected chi connectivity index (χ3v) is 2.61. The molecule has 0 aromatic rings. The molecule has 0 amide bonds. The molecule has 1 N–H and O–H groups in total. The normalized spacial score (nSPS) is 36.0. The van der Waals surface area contributed by atoms with Crippen molar-refractivity contribution in [2.75, 3.05) is 0 Å². The van der Waals surface area contributed by atoms with Crippen molar-refractivity contribution in [1.82, 2.24) is 0 Å². The molecule has 0 aromatic carbocycles. The molecule has 1 fully saturated rings. The number of alkyl halides is 2. The Labute approximate surface area is 72.2 Å². The van der Waals surface area contributed by atoms with Crippen LogP contribution in [0.5, 0.6) is 0 Å². The molecule has 2 atom stereocenters. The summed E-state index contributed by atoms with van der Waals surface area (Å²) in [4.78, 5) is 9.97. The van der Waals surface area contributed by atoms with Crippen molar-refractivity contribution in [3.05, 3.63) is 12.2 Å². The first-order valence-corrected chi connectivity index (χ1v) is 4.09. The summed E-state index contributed by atoms with van der Waals surface area (Å²) in [6.45, 7) is 0. The zero-order chi connectivity index (χ0) is 8.48. The van der Waals surface area contributed by atoms with Gasteiger partial charge in [-0.3, -0.25) is 0 Å². The van der Waals surface area contributed by atoms with Crippen LogP contribution < -0.4 is 0 Å². The number of rotatable bonds is 3. The molecule has 0 heterocycles. The van der Waals surface area contributed by atoms with E-state index < -0.39 is 10.5 Å². The van der Waals surface area contributed by atoms with Crippen molar-refractivity contribution < 1.29 is 14.3 Å². The Morgan fingerprint density at radius 3 is 2.82 bits per heavy atom. The molecule has 1 aliphatic carbocycles. The van der Waals surface area contributed by atoms with Gasteiger partial charge >= 0.3 is 5.97 Å². The maximum Gasteiger partial charge on any atom is 0.327 e. The second kappa shape index (κ2) is 2.93. The lowest BCUT2D eigenvalue weighted by Crippen LogP contribution is -1.90. The van der Waals surface area contributed by atoms with Crippen LogP contribution in [-0.4, -0.2) is 15.7 Å². The van der Waals surface area contributed by atoms with Gasteiger partial charge in [0, 0.05) is 12.0 Å². The Hall–Kier alpha value is -0.380. The van der Waals surface area contributed by atoms with Crippen LogP contribution in [-0.2, 0) is 4.79 Å². The van der Waals surface area contributed by atoms with Crippen molar-refractivity contribution in [2.45, 2.75) is 17.4 Å². The van der Waals surface area contributed by atoms with E-state index in [1.54, 1.807) is 0 Å². The lowest BCUT2D eigenvalue weighted by molar-refractivity contribution is -0.131. The molecular weight excluding hydrogens is 215 g/mol. The van der Waals surface area contributed by atoms with Gasteiger partial charge in [-0.05, 0) is 28.8 Å². The molecule has 0 aliphatic heterocycles. The smallest absolute Gasteiger partial charge is 0.327 e. The minimum Gasteiger partial charge on any atom is -0.478 e. The molecule has 62 valence electrons. The molecule has 2 nitrogen and oxygen atoms in total. The zero-order valence-corrected chi connectivity index (χ0v) is 7.34. The van der Waals surface area contributed by atoms with Gasteiger partial charge in [0.2, 0.25) is 0 Å². The number of allylic oxidation sites excluding steroid dienone is 1. The Morgan fingerprint density at radius 2 is 2.45 bits per heavy atom. The van der Waals surface area contributed by atoms with E-state index in [0.717, 1.165) is 6.08 Å². The van der Waals surface area contributed by atoms with Crippen molar-refractivity contribution in [1.29, 1.82) is 0 Å². The van der Waals surface area contributed by atoms with Gasteiger partial charge in [0.25, 0.3) is 0 Å². The van der Waals surface area contributed by atoms with E-state index in [0.29, 0.717) is 12.8 Å². The van der Waals surface area contributed by atoms with Crippen LogP contribution in [0.3, 0.4) is 0 Å². The van der Waals surface area contributed by atoms with Crippen LogP contribution in [0.1, 0.15) is 12.8 Å². The molecule has 1 rings (SSSR count). The lowest BCUT2D eigenvalue weighted by atomic mass is 10.3. The number of hydrogen-bond donors (Lipinski definition) is 1. The van der Waals surface area contributed by atoms with Gasteiger partial charge in [0.05, 0.1) is 0 Å². The topological polar surface area (TPSA) is 37.3 Å². The second-order valence-electron chi connectivity index (χ2n) is 2.64. The molecule has 1 saturated carbocycles. The van der Waals surface area contributed by atoms with Crippen LogP contribution in [0.2, 0.25) is 0 Å². The maximum absolute atomic E-state index is 12.7. The van der Waals surface area contributed by atoms with Gasteiger partial charge in [-0.1, -0.05) is 6.08 Å². The summed E-state index contributed by atoms with van der Waals surface area (Å²) in [6.07, 6.45) is 3.50. The number of carboxylic acid groups (broad SMARTS) is 1. The fraction of sp³-hybridized carbons (Fsp3) is 0.571. The summed E-state index contributed by atoms with van der Waals surface area (Å²) >= 11 is 2.87. The van der Waals surface area contributed by atoms with Crippen molar-refractivity contribution in [2.24, 2.45) is 5.92 Å². The lowest BCUT2D eigenvalue weighted by Gasteiger charge is -1.91. The molecule has 2 unspecified atom stereocenters. The van der Waals surface area contributed by atoms with Crippen molar-refractivity contribution in [3.8, 4) is 0 Å². The van der Waals surface area contributed by atoms with Crippen LogP contribution in [0.4, 0.5) is 4.39 Å². The largest absolute Gasteiger partial charge is 0.478 e. The van der Waals surface area contributed by atoms with E-state index in [4.69, 9.17) is 5.11 Å². The average Bonchev–Trinajstić information content (AvgIpc) is 2.39. The Morgan fingerprint density at radius 1 is 1.91 bits per heavy atom. The summed E-state index contributed by atoms with van der Waals surface area (Å²) in [5.41, 5.74) is 0. The molecule has 4 heteroatoms. The van der Waals surface area contributed by atoms with Crippen LogP contribution >= 0.6 is 15.9 Å². The minimum atomic E-state index is -1.23. The highest BCUT2D eigenvalue weighted by Crippen LogP contribution is 2.54. The molecule has 0 radical (unpaired) electrons. The van der Waals surface area contributed by atoms with E-state index in [2.05, 4.69) is 15.9 Å². The number of aliphatic carboxylic acids is 1. The van der Waals surface area contributed by atoms with E-state index in [-0.39, 0.29) is 5.92 Å². The quantitative estimate of drug-likeness (QED) is 0.587. The molecular formula is C7H8BrFO2. The highest BCUT2D eigenvalue weighted by molar-refractivity contribution is 9.10. The van der Waals surface area contributed by atoms with Gasteiger partial charge in [0.15, 0.2) is 4.58 Å². The molecule has 11 heavy (non-hydrogen) atoms. The number of carboxylic acids is 1. The van der Waals surface area contributed by atoms with Crippen molar-refractivity contribution in [3.63, 3.8) is 0 Å². The number of halogens is 2. The maximum atomic E-state index is 12.7. The minimum absolute atomic E-state index is 0.0434. The molecule has 0 spiro atoms. The SMILES string of the molecule is O=C(O)C=CCC1CC1(F)Br. The predicted octanol–water partition coefficient (Wildman–Crippen LogP) is 2.10. The van der Waals surface area contributed by atoms with Crippen molar-refractivity contribution >= 4 is 21.9 Å². The van der Waals surface area contributed by atoms with Gasteiger partial charge in [0.1, 0.15) is 0 Å². The summed E-state index contributed by atoms with van der Waals surface area (Å²) < 4.78 is 11.5. The summed E-state index contributed by atoms with van der Waals surface area (Å²) in [6, 6.07) is 0. The van der Waals surface area contributed by atoms with E-state index >= 15 is 0 Å². The van der Waals surface area contributed by atoms with E-state index in [9.17, 15) is 9.18 Å². The molecule has 0 aromatic heterocycles. The zero-order valence-electron chi connectivity index (χ0n) is 5.76. The fourth-order valence-electron chi connectivity index (χ4n) is 0.858. The summed E-state index contributed by atoms with van der Waals surface area (Å²) in [5.74, 6) is -1.03. The van der Waals surface area contributed by atoms with E-state index in [1.807, 2.05) is 0 Å². The number of hydrogen-bond acceptors (Lipinski definition) is 1. The second-order valence-corrected chi connectivity index (χ2v) is 3.96. The van der Waals surface area contributed by atoms with Gasteiger partial charge in [-0.15, -0.1) is 0 Å². The Bertz CT molecular complexity index is 201. The highest BCUT2D eigenvalue weighted by Gasteiger charge is 2.52. The highest BCUT2D eigenvalue weighted by atomic mass is 79.9. The first kappa shape index (κ1) is 8.71. The van der Waals surface area contributed by atoms with Gasteiger partial charge < -0.3 is 5.11 Å². The Kier molecular flexibility index (Phi) is 2.32. The van der Waals surface area contributed by atoms with Gasteiger partial charge in [-0.2, -0.15) is 0 Å². The van der Waals surface area contributed by atoms with Gasteiger partial charge in [-0.25, -0.2) is 9.18 Å². The summed E-state index contributed by atoms with van der Waals surface area (Å²) in [5, 5.41) is 8.18. The first-order chi connectivity index (χ1) is 5.02. The fourth-order valence-corrected chi connectivity index (χ4v) is 1.44. The van der Waals surface area contributed by atoms with Crippen LogP contribution in [0, 0.1) is 5.92 Å². The molecule has 1 aliphatic rings. The number of carbonyl (C=O) groups is 1. The molecule has 0 bridgehead atoms. The standard InChI is InChI=1S/C7H8BrFO2/c8-7(9)4-5(7)2-1-3-6(10)11/h1,3,5H,2,4H2,(H,10,11). The molecule has 0 saturated heterocycles. The van der Waals surface area contributed by atoms with Crippen LogP contribution in [0.25, 0.3) is 0 Å². The first-order valence-electron chi connectivity index (χ1n) is 3.29. The third-order valence-electron chi connectivity index (χ3n) is 1.64.